The predicted octanol–water partition coefficient (Wildman–Crippen LogP) is -1.56. The Labute approximate surface area is 78.8 Å². The lowest BCUT2D eigenvalue weighted by molar-refractivity contribution is 0.0697. The van der Waals surface area contributed by atoms with Crippen LogP contribution in [-0.2, 0) is 0 Å². The van der Waals surface area contributed by atoms with E-state index in [9.17, 15) is 0 Å². The number of hydrogen-bond donors (Lipinski definition) is 5. The van der Waals surface area contributed by atoms with Gasteiger partial charge in [0.15, 0.2) is 0 Å². The van der Waals surface area contributed by atoms with Crippen molar-refractivity contribution in [2.24, 2.45) is 5.73 Å². The standard InChI is InChI=1S/C4H11NO3.C4H10O/c5-4(1-6,2-7)3-8;1-4(2,3)5/h6-8H,1-3,5H2;5H,1-3H3. The fourth-order valence-electron chi connectivity index (χ4n) is 0.150. The Kier molecular flexibility index (Phi) is 7.39. The Morgan fingerprint density at radius 1 is 0.923 bits per heavy atom. The molecule has 0 amide bonds. The lowest BCUT2D eigenvalue weighted by Gasteiger charge is -2.20. The van der Waals surface area contributed by atoms with Crippen LogP contribution in [0.25, 0.3) is 0 Å². The molecular weight excluding hydrogens is 174 g/mol. The van der Waals surface area contributed by atoms with Crippen LogP contribution >= 0.6 is 0 Å². The molecular formula is C8H21NO4. The first-order valence-corrected chi connectivity index (χ1v) is 4.02. The Hall–Kier alpha value is -0.200. The van der Waals surface area contributed by atoms with Crippen molar-refractivity contribution in [2.75, 3.05) is 19.8 Å². The van der Waals surface area contributed by atoms with E-state index in [-0.39, 0.29) is 0 Å². The van der Waals surface area contributed by atoms with Crippen molar-refractivity contribution in [3.05, 3.63) is 0 Å². The highest BCUT2D eigenvalue weighted by Gasteiger charge is 2.20. The summed E-state index contributed by atoms with van der Waals surface area (Å²) in [5, 5.41) is 33.5. The van der Waals surface area contributed by atoms with Crippen molar-refractivity contribution < 1.29 is 20.4 Å². The first kappa shape index (κ1) is 15.3. The number of aliphatic hydroxyl groups is 4. The largest absolute Gasteiger partial charge is 0.394 e. The normalized spacial score (nSPS) is 12.0. The monoisotopic (exact) mass is 195 g/mol. The topological polar surface area (TPSA) is 107 Å². The minimum absolute atomic E-state index is 0.403. The fraction of sp³-hybridized carbons (Fsp3) is 1.00. The molecule has 0 aliphatic rings. The first-order valence-electron chi connectivity index (χ1n) is 4.02. The summed E-state index contributed by atoms with van der Waals surface area (Å²) < 4.78 is 0. The minimum atomic E-state index is -1.21. The van der Waals surface area contributed by atoms with Gasteiger partial charge in [-0.1, -0.05) is 0 Å². The molecule has 0 aromatic rings. The Morgan fingerprint density at radius 2 is 1.08 bits per heavy atom. The molecule has 0 aliphatic heterocycles. The van der Waals surface area contributed by atoms with Gasteiger partial charge in [0, 0.05) is 0 Å². The smallest absolute Gasteiger partial charge is 0.0856 e. The van der Waals surface area contributed by atoms with Gasteiger partial charge in [0.05, 0.1) is 31.0 Å². The molecule has 5 nitrogen and oxygen atoms in total. The summed E-state index contributed by atoms with van der Waals surface area (Å²) in [5.74, 6) is 0. The quantitative estimate of drug-likeness (QED) is 0.374. The van der Waals surface area contributed by atoms with E-state index in [1.165, 1.54) is 0 Å². The summed E-state index contributed by atoms with van der Waals surface area (Å²) in [4.78, 5) is 0. The van der Waals surface area contributed by atoms with E-state index in [0.29, 0.717) is 0 Å². The van der Waals surface area contributed by atoms with E-state index in [4.69, 9.17) is 26.2 Å². The molecule has 0 fully saturated rings. The molecule has 0 saturated carbocycles. The van der Waals surface area contributed by atoms with Crippen LogP contribution in [0.3, 0.4) is 0 Å². The molecule has 0 aromatic carbocycles. The predicted molar refractivity (Wildman–Crippen MR) is 50.1 cm³/mol. The Morgan fingerprint density at radius 3 is 1.08 bits per heavy atom. The third kappa shape index (κ3) is 14.6. The van der Waals surface area contributed by atoms with Crippen LogP contribution in [-0.4, -0.2) is 51.4 Å². The summed E-state index contributed by atoms with van der Waals surface area (Å²) >= 11 is 0. The van der Waals surface area contributed by atoms with E-state index >= 15 is 0 Å². The molecule has 0 unspecified atom stereocenters. The number of rotatable bonds is 3. The van der Waals surface area contributed by atoms with Crippen LogP contribution in [0.5, 0.6) is 0 Å². The average Bonchev–Trinajstić information content (AvgIpc) is 2.00. The third-order valence-corrected chi connectivity index (χ3v) is 0.945. The lowest BCUT2D eigenvalue weighted by Crippen LogP contribution is -2.50. The maximum absolute atomic E-state index is 8.52. The Balaban J connectivity index is 0. The number of hydrogen-bond acceptors (Lipinski definition) is 5. The van der Waals surface area contributed by atoms with Crippen molar-refractivity contribution in [1.82, 2.24) is 0 Å². The summed E-state index contributed by atoms with van der Waals surface area (Å²) in [7, 11) is 0. The van der Waals surface area contributed by atoms with Crippen molar-refractivity contribution in [1.29, 1.82) is 0 Å². The van der Waals surface area contributed by atoms with Crippen LogP contribution in [0, 0.1) is 0 Å². The highest BCUT2D eigenvalue weighted by Crippen LogP contribution is 1.93. The van der Waals surface area contributed by atoms with Gasteiger partial charge < -0.3 is 26.2 Å². The summed E-state index contributed by atoms with van der Waals surface area (Å²) in [5.41, 5.74) is 3.44. The van der Waals surface area contributed by atoms with Crippen molar-refractivity contribution >= 4 is 0 Å². The summed E-state index contributed by atoms with van der Waals surface area (Å²) in [6, 6.07) is 0. The number of nitrogens with two attached hydrogens (primary N) is 1. The van der Waals surface area contributed by atoms with E-state index in [1.807, 2.05) is 0 Å². The Bertz CT molecular complexity index is 104. The van der Waals surface area contributed by atoms with E-state index < -0.39 is 31.0 Å². The molecule has 0 rings (SSSR count). The summed E-state index contributed by atoms with van der Waals surface area (Å²) in [6.07, 6.45) is 0. The molecule has 0 spiro atoms. The lowest BCUT2D eigenvalue weighted by atomic mass is 10.1. The molecule has 82 valence electrons. The molecule has 13 heavy (non-hydrogen) atoms. The first-order chi connectivity index (χ1) is 5.68. The minimum Gasteiger partial charge on any atom is -0.394 e. The van der Waals surface area contributed by atoms with Crippen molar-refractivity contribution in [3.63, 3.8) is 0 Å². The zero-order valence-corrected chi connectivity index (χ0v) is 8.49. The van der Waals surface area contributed by atoms with Crippen LogP contribution in [0.2, 0.25) is 0 Å². The third-order valence-electron chi connectivity index (χ3n) is 0.945. The second-order valence-corrected chi connectivity index (χ2v) is 4.01. The van der Waals surface area contributed by atoms with Crippen LogP contribution in [0.1, 0.15) is 20.8 Å². The maximum atomic E-state index is 8.52. The molecule has 0 bridgehead atoms. The molecule has 0 aromatic heterocycles. The SMILES string of the molecule is CC(C)(C)O.NC(CO)(CO)CO. The zero-order chi connectivity index (χ0) is 11.1. The maximum Gasteiger partial charge on any atom is 0.0856 e. The molecule has 0 radical (unpaired) electrons. The van der Waals surface area contributed by atoms with Gasteiger partial charge in [0.1, 0.15) is 0 Å². The second-order valence-electron chi connectivity index (χ2n) is 4.01. The highest BCUT2D eigenvalue weighted by molar-refractivity contribution is 4.80. The van der Waals surface area contributed by atoms with Gasteiger partial charge in [-0.3, -0.25) is 0 Å². The summed E-state index contributed by atoms with van der Waals surface area (Å²) in [6.45, 7) is 4.02. The van der Waals surface area contributed by atoms with Gasteiger partial charge in [0.2, 0.25) is 0 Å². The molecule has 0 heterocycles. The van der Waals surface area contributed by atoms with E-state index in [1.54, 1.807) is 20.8 Å². The van der Waals surface area contributed by atoms with Gasteiger partial charge in [-0.15, -0.1) is 0 Å². The molecule has 5 heteroatoms. The molecule has 0 aliphatic carbocycles. The van der Waals surface area contributed by atoms with Gasteiger partial charge >= 0.3 is 0 Å². The van der Waals surface area contributed by atoms with Gasteiger partial charge in [-0.2, -0.15) is 0 Å². The zero-order valence-electron chi connectivity index (χ0n) is 8.49. The van der Waals surface area contributed by atoms with Crippen LogP contribution < -0.4 is 5.73 Å². The number of aliphatic hydroxyl groups excluding tert-OH is 3. The van der Waals surface area contributed by atoms with Crippen LogP contribution in [0.15, 0.2) is 0 Å². The average molecular weight is 195 g/mol. The molecule has 0 atom stereocenters. The van der Waals surface area contributed by atoms with E-state index in [0.717, 1.165) is 0 Å². The highest BCUT2D eigenvalue weighted by atomic mass is 16.3. The van der Waals surface area contributed by atoms with E-state index in [2.05, 4.69) is 0 Å². The van der Waals surface area contributed by atoms with Crippen LogP contribution in [0.4, 0.5) is 0 Å². The fourth-order valence-corrected chi connectivity index (χ4v) is 0.150. The van der Waals surface area contributed by atoms with Gasteiger partial charge in [-0.05, 0) is 20.8 Å². The molecule has 6 N–H and O–H groups in total. The molecule has 0 saturated heterocycles. The van der Waals surface area contributed by atoms with Crippen molar-refractivity contribution in [2.45, 2.75) is 31.9 Å². The second kappa shape index (κ2) is 6.28. The van der Waals surface area contributed by atoms with Crippen molar-refractivity contribution in [3.8, 4) is 0 Å². The van der Waals surface area contributed by atoms with Gasteiger partial charge in [0.25, 0.3) is 0 Å². The van der Waals surface area contributed by atoms with Gasteiger partial charge in [-0.25, -0.2) is 0 Å².